The van der Waals surface area contributed by atoms with Crippen LogP contribution < -0.4 is 5.69 Å². The van der Waals surface area contributed by atoms with Crippen LogP contribution in [0.1, 0.15) is 11.4 Å². The van der Waals surface area contributed by atoms with Gasteiger partial charge in [-0.25, -0.2) is 9.78 Å². The number of carbonyl (C=O) groups excluding carboxylic acids is 1. The van der Waals surface area contributed by atoms with E-state index in [0.29, 0.717) is 18.8 Å². The molecule has 0 aromatic carbocycles. The second kappa shape index (κ2) is 7.56. The molecule has 0 N–H and O–H groups in total. The molecule has 25 heavy (non-hydrogen) atoms. The molecule has 1 aliphatic rings. The average molecular weight is 345 g/mol. The first kappa shape index (κ1) is 17.3. The van der Waals surface area contributed by atoms with Gasteiger partial charge in [0.05, 0.1) is 6.54 Å². The Bertz CT molecular complexity index is 776. The van der Waals surface area contributed by atoms with Gasteiger partial charge in [-0.05, 0) is 19.9 Å². The van der Waals surface area contributed by atoms with E-state index in [4.69, 9.17) is 0 Å². The lowest BCUT2D eigenvalue weighted by Crippen LogP contribution is -2.50. The maximum absolute atomic E-state index is 12.5. The van der Waals surface area contributed by atoms with Gasteiger partial charge in [0, 0.05) is 44.1 Å². The van der Waals surface area contributed by atoms with E-state index in [-0.39, 0.29) is 18.1 Å². The van der Waals surface area contributed by atoms with Crippen LogP contribution in [0.5, 0.6) is 0 Å². The van der Waals surface area contributed by atoms with E-state index < -0.39 is 0 Å². The van der Waals surface area contributed by atoms with Crippen molar-refractivity contribution in [3.05, 3.63) is 40.6 Å². The molecular weight excluding hydrogens is 322 g/mol. The summed E-state index contributed by atoms with van der Waals surface area (Å²) in [5.41, 5.74) is 1.07. The van der Waals surface area contributed by atoms with Crippen LogP contribution in [0.3, 0.4) is 0 Å². The highest BCUT2D eigenvalue weighted by Crippen LogP contribution is 2.05. The number of nitrogens with zero attached hydrogens (tertiary/aromatic N) is 7. The summed E-state index contributed by atoms with van der Waals surface area (Å²) in [5, 5.41) is 4.09. The van der Waals surface area contributed by atoms with Crippen molar-refractivity contribution in [1.82, 2.24) is 34.1 Å². The highest BCUT2D eigenvalue weighted by atomic mass is 16.2. The van der Waals surface area contributed by atoms with Gasteiger partial charge in [0.15, 0.2) is 0 Å². The van der Waals surface area contributed by atoms with Gasteiger partial charge in [-0.1, -0.05) is 0 Å². The number of aromatic nitrogens is 5. The quantitative estimate of drug-likeness (QED) is 0.712. The number of carbonyl (C=O) groups is 1. The molecule has 3 rings (SSSR count). The van der Waals surface area contributed by atoms with Crippen LogP contribution in [0.25, 0.3) is 0 Å². The van der Waals surface area contributed by atoms with E-state index in [9.17, 15) is 9.59 Å². The molecule has 134 valence electrons. The SMILES string of the molecule is Cc1cc(C)n(CC(=O)N2CCN(CCn3cncn3)CC2)c(=O)n1. The van der Waals surface area contributed by atoms with Crippen LogP contribution in [0.2, 0.25) is 0 Å². The van der Waals surface area contributed by atoms with Gasteiger partial charge in [0.1, 0.15) is 19.2 Å². The first-order valence-corrected chi connectivity index (χ1v) is 8.40. The van der Waals surface area contributed by atoms with Crippen molar-refractivity contribution in [2.75, 3.05) is 32.7 Å². The third-order valence-corrected chi connectivity index (χ3v) is 4.48. The number of piperazine rings is 1. The van der Waals surface area contributed by atoms with Crippen LogP contribution in [-0.4, -0.2) is 72.7 Å². The van der Waals surface area contributed by atoms with Crippen LogP contribution in [0, 0.1) is 13.8 Å². The Labute approximate surface area is 145 Å². The van der Waals surface area contributed by atoms with E-state index in [2.05, 4.69) is 20.0 Å². The molecule has 0 radical (unpaired) electrons. The standard InChI is InChI=1S/C16H23N7O2/c1-13-9-14(2)23(16(25)19-13)10-15(24)21-6-3-20(4-7-21)5-8-22-12-17-11-18-22/h9,11-12H,3-8,10H2,1-2H3. The zero-order valence-corrected chi connectivity index (χ0v) is 14.6. The number of aryl methyl sites for hydroxylation is 2. The van der Waals surface area contributed by atoms with E-state index in [0.717, 1.165) is 31.9 Å². The zero-order chi connectivity index (χ0) is 17.8. The lowest BCUT2D eigenvalue weighted by molar-refractivity contribution is -0.133. The fourth-order valence-corrected chi connectivity index (χ4v) is 3.02. The molecule has 0 spiro atoms. The summed E-state index contributed by atoms with van der Waals surface area (Å²) in [6.07, 6.45) is 3.23. The van der Waals surface area contributed by atoms with Crippen molar-refractivity contribution < 1.29 is 4.79 Å². The molecule has 1 saturated heterocycles. The smallest absolute Gasteiger partial charge is 0.339 e. The summed E-state index contributed by atoms with van der Waals surface area (Å²) in [4.78, 5) is 36.4. The van der Waals surface area contributed by atoms with E-state index in [1.54, 1.807) is 17.9 Å². The van der Waals surface area contributed by atoms with Gasteiger partial charge in [0.2, 0.25) is 5.91 Å². The van der Waals surface area contributed by atoms with Gasteiger partial charge in [-0.3, -0.25) is 18.9 Å². The minimum Gasteiger partial charge on any atom is -0.339 e. The third kappa shape index (κ3) is 4.30. The highest BCUT2D eigenvalue weighted by molar-refractivity contribution is 5.76. The number of amides is 1. The molecular formula is C16H23N7O2. The van der Waals surface area contributed by atoms with E-state index in [1.807, 2.05) is 17.9 Å². The van der Waals surface area contributed by atoms with Crippen LogP contribution in [0.4, 0.5) is 0 Å². The van der Waals surface area contributed by atoms with Crippen molar-refractivity contribution >= 4 is 5.91 Å². The topological polar surface area (TPSA) is 89.2 Å². The summed E-state index contributed by atoms with van der Waals surface area (Å²) < 4.78 is 3.24. The van der Waals surface area contributed by atoms with Gasteiger partial charge >= 0.3 is 5.69 Å². The zero-order valence-electron chi connectivity index (χ0n) is 14.6. The Morgan fingerprint density at radius 3 is 2.56 bits per heavy atom. The van der Waals surface area contributed by atoms with Crippen molar-refractivity contribution in [2.24, 2.45) is 0 Å². The lowest BCUT2D eigenvalue weighted by atomic mass is 10.3. The molecule has 2 aromatic heterocycles. The molecule has 0 bridgehead atoms. The first-order valence-electron chi connectivity index (χ1n) is 8.40. The Morgan fingerprint density at radius 1 is 1.16 bits per heavy atom. The molecule has 0 aliphatic carbocycles. The third-order valence-electron chi connectivity index (χ3n) is 4.48. The van der Waals surface area contributed by atoms with Crippen molar-refractivity contribution in [1.29, 1.82) is 0 Å². The Balaban J connectivity index is 1.51. The predicted octanol–water partition coefficient (Wildman–Crippen LogP) is -0.704. The molecule has 2 aromatic rings. The number of hydrogen-bond acceptors (Lipinski definition) is 6. The Morgan fingerprint density at radius 2 is 1.92 bits per heavy atom. The second-order valence-electron chi connectivity index (χ2n) is 6.29. The molecule has 3 heterocycles. The van der Waals surface area contributed by atoms with Crippen molar-refractivity contribution in [3.8, 4) is 0 Å². The summed E-state index contributed by atoms with van der Waals surface area (Å²) in [6, 6.07) is 1.82. The molecule has 1 aliphatic heterocycles. The fraction of sp³-hybridized carbons (Fsp3) is 0.562. The molecule has 1 amide bonds. The Kier molecular flexibility index (Phi) is 5.22. The normalized spacial score (nSPS) is 15.5. The largest absolute Gasteiger partial charge is 0.348 e. The maximum Gasteiger partial charge on any atom is 0.348 e. The molecule has 9 nitrogen and oxygen atoms in total. The van der Waals surface area contributed by atoms with Gasteiger partial charge in [-0.2, -0.15) is 10.1 Å². The minimum atomic E-state index is -0.364. The van der Waals surface area contributed by atoms with E-state index >= 15 is 0 Å². The summed E-state index contributed by atoms with van der Waals surface area (Å²) in [5.74, 6) is -0.0354. The van der Waals surface area contributed by atoms with Crippen molar-refractivity contribution in [3.63, 3.8) is 0 Å². The summed E-state index contributed by atoms with van der Waals surface area (Å²) in [7, 11) is 0. The lowest BCUT2D eigenvalue weighted by Gasteiger charge is -2.34. The predicted molar refractivity (Wildman–Crippen MR) is 91.0 cm³/mol. The highest BCUT2D eigenvalue weighted by Gasteiger charge is 2.22. The summed E-state index contributed by atoms with van der Waals surface area (Å²) in [6.45, 7) is 8.30. The average Bonchev–Trinajstić information content (AvgIpc) is 3.10. The second-order valence-corrected chi connectivity index (χ2v) is 6.29. The summed E-state index contributed by atoms with van der Waals surface area (Å²) >= 11 is 0. The molecule has 0 unspecified atom stereocenters. The maximum atomic E-state index is 12.5. The molecule has 1 fully saturated rings. The fourth-order valence-electron chi connectivity index (χ4n) is 3.02. The van der Waals surface area contributed by atoms with Crippen LogP contribution in [0.15, 0.2) is 23.5 Å². The van der Waals surface area contributed by atoms with Gasteiger partial charge in [0.25, 0.3) is 0 Å². The van der Waals surface area contributed by atoms with Crippen LogP contribution >= 0.6 is 0 Å². The first-order chi connectivity index (χ1) is 12.0. The monoisotopic (exact) mass is 345 g/mol. The Hall–Kier alpha value is -2.55. The number of hydrogen-bond donors (Lipinski definition) is 0. The van der Waals surface area contributed by atoms with E-state index in [1.165, 1.54) is 10.9 Å². The minimum absolute atomic E-state index is 0.0354. The molecule has 9 heteroatoms. The number of rotatable bonds is 5. The molecule has 0 atom stereocenters. The molecule has 0 saturated carbocycles. The van der Waals surface area contributed by atoms with Gasteiger partial charge < -0.3 is 4.90 Å². The van der Waals surface area contributed by atoms with Gasteiger partial charge in [-0.15, -0.1) is 0 Å². The van der Waals surface area contributed by atoms with Crippen LogP contribution in [-0.2, 0) is 17.9 Å². The van der Waals surface area contributed by atoms with Crippen molar-refractivity contribution in [2.45, 2.75) is 26.9 Å².